The highest BCUT2D eigenvalue weighted by Crippen LogP contribution is 2.57. The van der Waals surface area contributed by atoms with E-state index in [9.17, 15) is 0 Å². The Bertz CT molecular complexity index is 230. The number of rotatable bonds is 0. The summed E-state index contributed by atoms with van der Waals surface area (Å²) in [5.41, 5.74) is 7.54. The fraction of sp³-hybridized carbons (Fsp3) is 1.00. The van der Waals surface area contributed by atoms with Crippen LogP contribution >= 0.6 is 0 Å². The van der Waals surface area contributed by atoms with Crippen LogP contribution in [-0.4, -0.2) is 5.54 Å². The van der Waals surface area contributed by atoms with E-state index in [1.807, 2.05) is 0 Å². The Morgan fingerprint density at radius 2 is 1.50 bits per heavy atom. The summed E-state index contributed by atoms with van der Waals surface area (Å²) in [6.45, 7) is 9.49. The van der Waals surface area contributed by atoms with Gasteiger partial charge in [0.2, 0.25) is 0 Å². The number of hydrogen-bond donors (Lipinski definition) is 1. The molecule has 3 aliphatic carbocycles. The standard InChI is InChI=1S/C13H25N/c1-11(2)8-12(3)5-10(6-12)7-13(4,14)9-11/h10H,5-9,14H2,1-4H3. The molecule has 0 amide bonds. The van der Waals surface area contributed by atoms with Gasteiger partial charge in [-0.15, -0.1) is 0 Å². The Labute approximate surface area is 88.4 Å². The smallest absolute Gasteiger partial charge is 0.0133 e. The lowest BCUT2D eigenvalue weighted by atomic mass is 9.51. The lowest BCUT2D eigenvalue weighted by molar-refractivity contribution is -0.0258. The van der Waals surface area contributed by atoms with Crippen LogP contribution in [0.4, 0.5) is 0 Å². The third kappa shape index (κ3) is 1.98. The van der Waals surface area contributed by atoms with E-state index in [-0.39, 0.29) is 5.54 Å². The first kappa shape index (κ1) is 10.5. The predicted octanol–water partition coefficient (Wildman–Crippen LogP) is 3.33. The topological polar surface area (TPSA) is 26.0 Å². The molecule has 2 N–H and O–H groups in total. The summed E-state index contributed by atoms with van der Waals surface area (Å²) in [5.74, 6) is 0.922. The van der Waals surface area contributed by atoms with Crippen LogP contribution in [0.25, 0.3) is 0 Å². The summed E-state index contributed by atoms with van der Waals surface area (Å²) < 4.78 is 0. The fourth-order valence-electron chi connectivity index (χ4n) is 4.67. The van der Waals surface area contributed by atoms with Gasteiger partial charge in [-0.25, -0.2) is 0 Å². The Kier molecular flexibility index (Phi) is 2.06. The van der Waals surface area contributed by atoms with E-state index in [1.165, 1.54) is 32.1 Å². The van der Waals surface area contributed by atoms with Gasteiger partial charge >= 0.3 is 0 Å². The molecule has 0 aliphatic heterocycles. The zero-order chi connectivity index (χ0) is 10.6. The molecule has 1 heteroatoms. The highest BCUT2D eigenvalue weighted by atomic mass is 14.7. The monoisotopic (exact) mass is 195 g/mol. The zero-order valence-corrected chi connectivity index (χ0v) is 10.2. The van der Waals surface area contributed by atoms with E-state index in [4.69, 9.17) is 5.73 Å². The highest BCUT2D eigenvalue weighted by Gasteiger charge is 2.48. The van der Waals surface area contributed by atoms with Crippen LogP contribution in [0.15, 0.2) is 0 Å². The molecule has 2 bridgehead atoms. The molecular formula is C13H25N. The molecule has 3 saturated carbocycles. The second kappa shape index (κ2) is 2.75. The zero-order valence-electron chi connectivity index (χ0n) is 10.2. The molecule has 0 heterocycles. The van der Waals surface area contributed by atoms with Crippen molar-refractivity contribution in [3.63, 3.8) is 0 Å². The van der Waals surface area contributed by atoms with Gasteiger partial charge in [-0.1, -0.05) is 20.8 Å². The van der Waals surface area contributed by atoms with Crippen LogP contribution in [0.2, 0.25) is 0 Å². The summed E-state index contributed by atoms with van der Waals surface area (Å²) in [6, 6.07) is 0. The minimum Gasteiger partial charge on any atom is -0.325 e. The fourth-order valence-corrected chi connectivity index (χ4v) is 4.67. The van der Waals surface area contributed by atoms with Gasteiger partial charge in [0.1, 0.15) is 0 Å². The van der Waals surface area contributed by atoms with Gasteiger partial charge in [-0.3, -0.25) is 0 Å². The second-order valence-electron chi connectivity index (χ2n) is 7.46. The van der Waals surface area contributed by atoms with Crippen LogP contribution < -0.4 is 5.73 Å². The molecule has 1 atom stereocenters. The molecule has 0 saturated heterocycles. The summed E-state index contributed by atoms with van der Waals surface area (Å²) in [5, 5.41) is 0. The van der Waals surface area contributed by atoms with Crippen molar-refractivity contribution in [2.45, 2.75) is 65.3 Å². The van der Waals surface area contributed by atoms with Crippen molar-refractivity contribution in [3.05, 3.63) is 0 Å². The first-order chi connectivity index (χ1) is 6.20. The van der Waals surface area contributed by atoms with Crippen molar-refractivity contribution in [1.82, 2.24) is 0 Å². The molecule has 3 fully saturated rings. The highest BCUT2D eigenvalue weighted by molar-refractivity contribution is 5.02. The molecule has 3 aliphatic rings. The lowest BCUT2D eigenvalue weighted by Crippen LogP contribution is -2.51. The summed E-state index contributed by atoms with van der Waals surface area (Å²) in [4.78, 5) is 0. The van der Waals surface area contributed by atoms with Crippen LogP contribution in [0.3, 0.4) is 0 Å². The normalized spacial score (nSPS) is 51.6. The molecule has 0 aromatic rings. The van der Waals surface area contributed by atoms with Gasteiger partial charge in [0, 0.05) is 5.54 Å². The quantitative estimate of drug-likeness (QED) is 0.630. The molecule has 0 radical (unpaired) electrons. The Balaban J connectivity index is 2.16. The van der Waals surface area contributed by atoms with E-state index in [0.717, 1.165) is 5.92 Å². The van der Waals surface area contributed by atoms with Gasteiger partial charge in [-0.05, 0) is 55.8 Å². The third-order valence-electron chi connectivity index (χ3n) is 4.11. The van der Waals surface area contributed by atoms with Crippen molar-refractivity contribution in [1.29, 1.82) is 0 Å². The van der Waals surface area contributed by atoms with E-state index < -0.39 is 0 Å². The summed E-state index contributed by atoms with van der Waals surface area (Å²) >= 11 is 0. The Morgan fingerprint density at radius 1 is 0.929 bits per heavy atom. The average Bonchev–Trinajstić information content (AvgIpc) is 1.74. The molecule has 0 aromatic carbocycles. The van der Waals surface area contributed by atoms with Crippen molar-refractivity contribution >= 4 is 0 Å². The minimum absolute atomic E-state index is 0.0793. The van der Waals surface area contributed by atoms with Crippen molar-refractivity contribution < 1.29 is 0 Å². The lowest BCUT2D eigenvalue weighted by Gasteiger charge is -2.55. The van der Waals surface area contributed by atoms with Crippen molar-refractivity contribution in [3.8, 4) is 0 Å². The average molecular weight is 195 g/mol. The second-order valence-corrected chi connectivity index (χ2v) is 7.46. The molecule has 14 heavy (non-hydrogen) atoms. The Morgan fingerprint density at radius 3 is 2.07 bits per heavy atom. The van der Waals surface area contributed by atoms with Gasteiger partial charge in [0.15, 0.2) is 0 Å². The maximum absolute atomic E-state index is 6.38. The molecule has 1 unspecified atom stereocenters. The molecule has 82 valence electrons. The van der Waals surface area contributed by atoms with E-state index in [0.29, 0.717) is 10.8 Å². The first-order valence-electron chi connectivity index (χ1n) is 5.99. The minimum atomic E-state index is 0.0793. The molecule has 3 rings (SSSR count). The van der Waals surface area contributed by atoms with E-state index >= 15 is 0 Å². The molecular weight excluding hydrogens is 170 g/mol. The summed E-state index contributed by atoms with van der Waals surface area (Å²) in [6.07, 6.45) is 6.63. The molecule has 1 nitrogen and oxygen atoms in total. The SMILES string of the molecule is CC1(C)CC(C)(N)CC2CC(C)(C2)C1. The van der Waals surface area contributed by atoms with Crippen LogP contribution in [0.1, 0.15) is 59.8 Å². The molecule has 0 spiro atoms. The molecule has 0 aromatic heterocycles. The Hall–Kier alpha value is -0.0400. The number of hydrogen-bond acceptors (Lipinski definition) is 1. The van der Waals surface area contributed by atoms with Crippen LogP contribution in [0, 0.1) is 16.7 Å². The predicted molar refractivity (Wildman–Crippen MR) is 61.1 cm³/mol. The largest absolute Gasteiger partial charge is 0.325 e. The summed E-state index contributed by atoms with van der Waals surface area (Å²) in [7, 11) is 0. The van der Waals surface area contributed by atoms with Crippen LogP contribution in [-0.2, 0) is 0 Å². The number of fused-ring (bicyclic) bond motifs is 4. The third-order valence-corrected chi connectivity index (χ3v) is 4.11. The van der Waals surface area contributed by atoms with Crippen molar-refractivity contribution in [2.75, 3.05) is 0 Å². The maximum atomic E-state index is 6.38. The van der Waals surface area contributed by atoms with Gasteiger partial charge in [0.25, 0.3) is 0 Å². The van der Waals surface area contributed by atoms with Gasteiger partial charge < -0.3 is 5.73 Å². The van der Waals surface area contributed by atoms with Crippen LogP contribution in [0.5, 0.6) is 0 Å². The van der Waals surface area contributed by atoms with Gasteiger partial charge in [-0.2, -0.15) is 0 Å². The maximum Gasteiger partial charge on any atom is 0.0133 e. The number of nitrogens with two attached hydrogens (primary N) is 1. The van der Waals surface area contributed by atoms with Crippen molar-refractivity contribution in [2.24, 2.45) is 22.5 Å². The first-order valence-corrected chi connectivity index (χ1v) is 5.99. The van der Waals surface area contributed by atoms with Gasteiger partial charge in [0.05, 0.1) is 0 Å². The van der Waals surface area contributed by atoms with E-state index in [2.05, 4.69) is 27.7 Å². The van der Waals surface area contributed by atoms with E-state index in [1.54, 1.807) is 0 Å².